The van der Waals surface area contributed by atoms with E-state index in [0.29, 0.717) is 6.04 Å². The van der Waals surface area contributed by atoms with Crippen molar-refractivity contribution in [3.8, 4) is 11.3 Å². The van der Waals surface area contributed by atoms with E-state index >= 15 is 0 Å². The van der Waals surface area contributed by atoms with Crippen molar-refractivity contribution in [1.29, 1.82) is 0 Å². The molecule has 0 saturated carbocycles. The van der Waals surface area contributed by atoms with Crippen LogP contribution in [0.1, 0.15) is 18.5 Å². The highest BCUT2D eigenvalue weighted by molar-refractivity contribution is 6.99. The quantitative estimate of drug-likeness (QED) is 0.863. The van der Waals surface area contributed by atoms with Crippen LogP contribution in [0, 0.1) is 0 Å². The smallest absolute Gasteiger partial charge is 0.104 e. The minimum Gasteiger partial charge on any atom is -0.379 e. The van der Waals surface area contributed by atoms with E-state index in [9.17, 15) is 0 Å². The van der Waals surface area contributed by atoms with E-state index in [1.165, 1.54) is 17.3 Å². The van der Waals surface area contributed by atoms with Crippen molar-refractivity contribution in [2.24, 2.45) is 0 Å². The average molecular weight is 275 g/mol. The summed E-state index contributed by atoms with van der Waals surface area (Å²) in [6.07, 6.45) is 1.81. The molecule has 3 rings (SSSR count). The SMILES string of the molecule is C[C@H](c1ccc(-c2cnsn2)cc1)N1CCOCC1. The lowest BCUT2D eigenvalue weighted by molar-refractivity contribution is 0.0198. The van der Waals surface area contributed by atoms with Gasteiger partial charge >= 0.3 is 0 Å². The summed E-state index contributed by atoms with van der Waals surface area (Å²) in [4.78, 5) is 2.46. The second-order valence-electron chi connectivity index (χ2n) is 4.74. The maximum atomic E-state index is 5.40. The Morgan fingerprint density at radius 2 is 1.95 bits per heavy atom. The van der Waals surface area contributed by atoms with E-state index < -0.39 is 0 Å². The number of hydrogen-bond donors (Lipinski definition) is 0. The third kappa shape index (κ3) is 2.83. The van der Waals surface area contributed by atoms with Gasteiger partial charge in [-0.1, -0.05) is 24.3 Å². The first kappa shape index (κ1) is 12.7. The fraction of sp³-hybridized carbons (Fsp3) is 0.429. The molecule has 0 radical (unpaired) electrons. The molecular weight excluding hydrogens is 258 g/mol. The van der Waals surface area contributed by atoms with E-state index in [2.05, 4.69) is 44.8 Å². The van der Waals surface area contributed by atoms with Crippen molar-refractivity contribution < 1.29 is 4.74 Å². The van der Waals surface area contributed by atoms with E-state index in [1.807, 2.05) is 6.20 Å². The molecule has 0 unspecified atom stereocenters. The highest BCUT2D eigenvalue weighted by Crippen LogP contribution is 2.24. The molecule has 19 heavy (non-hydrogen) atoms. The zero-order chi connectivity index (χ0) is 13.1. The molecule has 1 fully saturated rings. The average Bonchev–Trinajstić information content (AvgIpc) is 3.02. The van der Waals surface area contributed by atoms with Crippen LogP contribution in [0.25, 0.3) is 11.3 Å². The van der Waals surface area contributed by atoms with Gasteiger partial charge in [-0.2, -0.15) is 8.75 Å². The van der Waals surface area contributed by atoms with Crippen LogP contribution in [-0.2, 0) is 4.74 Å². The molecule has 0 amide bonds. The second-order valence-corrected chi connectivity index (χ2v) is 5.30. The van der Waals surface area contributed by atoms with Crippen LogP contribution in [-0.4, -0.2) is 40.0 Å². The number of benzene rings is 1. The molecule has 0 spiro atoms. The third-order valence-electron chi connectivity index (χ3n) is 3.64. The maximum absolute atomic E-state index is 5.40. The van der Waals surface area contributed by atoms with Crippen LogP contribution in [0.2, 0.25) is 0 Å². The van der Waals surface area contributed by atoms with E-state index in [0.717, 1.165) is 37.6 Å². The fourth-order valence-corrected chi connectivity index (χ4v) is 2.83. The summed E-state index contributed by atoms with van der Waals surface area (Å²) < 4.78 is 13.7. The zero-order valence-electron chi connectivity index (χ0n) is 11.0. The Labute approximate surface area is 117 Å². The molecule has 1 aromatic heterocycles. The lowest BCUT2D eigenvalue weighted by Gasteiger charge is -2.32. The van der Waals surface area contributed by atoms with Gasteiger partial charge in [-0.25, -0.2) is 0 Å². The largest absolute Gasteiger partial charge is 0.379 e. The Morgan fingerprint density at radius 1 is 1.21 bits per heavy atom. The molecule has 4 nitrogen and oxygen atoms in total. The van der Waals surface area contributed by atoms with Gasteiger partial charge in [0.15, 0.2) is 0 Å². The van der Waals surface area contributed by atoms with Gasteiger partial charge in [-0.15, -0.1) is 0 Å². The van der Waals surface area contributed by atoms with E-state index in [4.69, 9.17) is 4.74 Å². The van der Waals surface area contributed by atoms with Gasteiger partial charge in [-0.3, -0.25) is 4.90 Å². The van der Waals surface area contributed by atoms with Crippen molar-refractivity contribution in [3.05, 3.63) is 36.0 Å². The van der Waals surface area contributed by atoms with Crippen LogP contribution < -0.4 is 0 Å². The molecule has 100 valence electrons. The molecule has 5 heteroatoms. The molecule has 1 aliphatic rings. The summed E-state index contributed by atoms with van der Waals surface area (Å²) in [6.45, 7) is 5.96. The first-order chi connectivity index (χ1) is 9.34. The summed E-state index contributed by atoms with van der Waals surface area (Å²) in [7, 11) is 0. The Hall–Kier alpha value is -1.30. The van der Waals surface area contributed by atoms with Crippen LogP contribution in [0.4, 0.5) is 0 Å². The van der Waals surface area contributed by atoms with Gasteiger partial charge < -0.3 is 4.74 Å². The summed E-state index contributed by atoms with van der Waals surface area (Å²) in [5.74, 6) is 0. The first-order valence-corrected chi connectivity index (χ1v) is 7.27. The lowest BCUT2D eigenvalue weighted by Crippen LogP contribution is -2.37. The number of ether oxygens (including phenoxy) is 1. The number of rotatable bonds is 3. The number of nitrogens with zero attached hydrogens (tertiary/aromatic N) is 3. The molecule has 1 atom stereocenters. The maximum Gasteiger partial charge on any atom is 0.104 e. The van der Waals surface area contributed by atoms with E-state index in [1.54, 1.807) is 0 Å². The Balaban J connectivity index is 1.74. The summed E-state index contributed by atoms with van der Waals surface area (Å²) in [5, 5.41) is 0. The van der Waals surface area contributed by atoms with Gasteiger partial charge in [0.1, 0.15) is 5.69 Å². The fourth-order valence-electron chi connectivity index (χ4n) is 2.40. The van der Waals surface area contributed by atoms with Crippen LogP contribution >= 0.6 is 11.7 Å². The molecule has 1 aliphatic heterocycles. The van der Waals surface area contributed by atoms with E-state index in [-0.39, 0.29) is 0 Å². The Bertz CT molecular complexity index is 506. The molecule has 1 aromatic carbocycles. The standard InChI is InChI=1S/C14H17N3OS/c1-11(17-6-8-18-9-7-17)12-2-4-13(5-3-12)14-10-15-19-16-14/h2-5,10-11H,6-9H2,1H3/t11-/m1/s1. The highest BCUT2D eigenvalue weighted by Gasteiger charge is 2.18. The third-order valence-corrected chi connectivity index (χ3v) is 4.12. The van der Waals surface area contributed by atoms with Gasteiger partial charge in [0.2, 0.25) is 0 Å². The molecule has 2 heterocycles. The molecule has 1 saturated heterocycles. The van der Waals surface area contributed by atoms with Crippen LogP contribution in [0.15, 0.2) is 30.5 Å². The van der Waals surface area contributed by atoms with Gasteiger partial charge in [0.25, 0.3) is 0 Å². The second kappa shape index (κ2) is 5.77. The summed E-state index contributed by atoms with van der Waals surface area (Å²) in [6, 6.07) is 9.07. The monoisotopic (exact) mass is 275 g/mol. The number of aromatic nitrogens is 2. The molecular formula is C14H17N3OS. The topological polar surface area (TPSA) is 38.2 Å². The number of morpholine rings is 1. The van der Waals surface area contributed by atoms with Crippen molar-refractivity contribution >= 4 is 11.7 Å². The molecule has 0 bridgehead atoms. The summed E-state index contributed by atoms with van der Waals surface area (Å²) in [5.41, 5.74) is 3.43. The highest BCUT2D eigenvalue weighted by atomic mass is 32.1. The van der Waals surface area contributed by atoms with Gasteiger partial charge in [0.05, 0.1) is 31.1 Å². The Kier molecular flexibility index (Phi) is 3.87. The predicted octanol–water partition coefficient (Wildman–Crippen LogP) is 2.60. The predicted molar refractivity (Wildman–Crippen MR) is 76.2 cm³/mol. The van der Waals surface area contributed by atoms with Crippen molar-refractivity contribution in [2.75, 3.05) is 26.3 Å². The molecule has 0 N–H and O–H groups in total. The van der Waals surface area contributed by atoms with Crippen molar-refractivity contribution in [1.82, 2.24) is 13.6 Å². The van der Waals surface area contributed by atoms with Crippen LogP contribution in [0.3, 0.4) is 0 Å². The zero-order valence-corrected chi connectivity index (χ0v) is 11.8. The minimum atomic E-state index is 0.437. The lowest BCUT2D eigenvalue weighted by atomic mass is 10.0. The van der Waals surface area contributed by atoms with Crippen molar-refractivity contribution in [3.63, 3.8) is 0 Å². The van der Waals surface area contributed by atoms with Gasteiger partial charge in [0, 0.05) is 24.7 Å². The first-order valence-electron chi connectivity index (χ1n) is 6.54. The molecule has 0 aliphatic carbocycles. The molecule has 2 aromatic rings. The normalized spacial score (nSPS) is 18.4. The Morgan fingerprint density at radius 3 is 2.58 bits per heavy atom. The van der Waals surface area contributed by atoms with Crippen molar-refractivity contribution in [2.45, 2.75) is 13.0 Å². The minimum absolute atomic E-state index is 0.437. The summed E-state index contributed by atoms with van der Waals surface area (Å²) >= 11 is 1.25. The number of hydrogen-bond acceptors (Lipinski definition) is 5. The van der Waals surface area contributed by atoms with Gasteiger partial charge in [-0.05, 0) is 12.5 Å². The van der Waals surface area contributed by atoms with Crippen LogP contribution in [0.5, 0.6) is 0 Å².